The van der Waals surface area contributed by atoms with Gasteiger partial charge in [-0.15, -0.1) is 11.3 Å². The lowest BCUT2D eigenvalue weighted by molar-refractivity contribution is -0.902. The number of aromatic nitrogens is 2. The Morgan fingerprint density at radius 3 is 2.67 bits per heavy atom. The highest BCUT2D eigenvalue weighted by molar-refractivity contribution is 7.13. The summed E-state index contributed by atoms with van der Waals surface area (Å²) in [4.78, 5) is 17.9. The molecule has 0 saturated carbocycles. The number of aryl methyl sites for hydroxylation is 1. The fourth-order valence-electron chi connectivity index (χ4n) is 3.58. The van der Waals surface area contributed by atoms with E-state index in [2.05, 4.69) is 26.0 Å². The zero-order valence-corrected chi connectivity index (χ0v) is 16.6. The standard InChI is InChI=1S/C21H24N4OS/c1-3-23-9-11-24(12-10-23)21(26)19-15-18(20-8-5-13-27-20)22-25(19)17-7-4-6-16(2)14-17/h4-8,13-15H,3,9-12H2,1-2H3/p+1. The minimum atomic E-state index is 0.0713. The summed E-state index contributed by atoms with van der Waals surface area (Å²) >= 11 is 1.64. The average molecular weight is 382 g/mol. The number of carbonyl (C=O) groups excluding carboxylic acids is 1. The van der Waals surface area contributed by atoms with Crippen LogP contribution < -0.4 is 4.90 Å². The maximum absolute atomic E-state index is 13.3. The third kappa shape index (κ3) is 3.68. The second-order valence-electron chi connectivity index (χ2n) is 7.04. The van der Waals surface area contributed by atoms with Gasteiger partial charge in [-0.1, -0.05) is 18.2 Å². The molecule has 1 fully saturated rings. The number of thiophene rings is 1. The van der Waals surface area contributed by atoms with Gasteiger partial charge in [-0.2, -0.15) is 5.10 Å². The van der Waals surface area contributed by atoms with Gasteiger partial charge >= 0.3 is 0 Å². The Hall–Kier alpha value is -2.44. The first kappa shape index (κ1) is 17.9. The molecular formula is C21H25N4OS+. The van der Waals surface area contributed by atoms with E-state index in [9.17, 15) is 4.79 Å². The number of rotatable bonds is 4. The van der Waals surface area contributed by atoms with Crippen LogP contribution in [0.1, 0.15) is 23.0 Å². The van der Waals surface area contributed by atoms with Crippen molar-refractivity contribution in [1.82, 2.24) is 14.7 Å². The van der Waals surface area contributed by atoms with E-state index in [0.29, 0.717) is 5.69 Å². The summed E-state index contributed by atoms with van der Waals surface area (Å²) in [5, 5.41) is 6.82. The van der Waals surface area contributed by atoms with Gasteiger partial charge in [0, 0.05) is 0 Å². The monoisotopic (exact) mass is 381 g/mol. The van der Waals surface area contributed by atoms with E-state index in [1.54, 1.807) is 16.2 Å². The highest BCUT2D eigenvalue weighted by atomic mass is 32.1. The zero-order valence-electron chi connectivity index (χ0n) is 15.8. The predicted octanol–water partition coefficient (Wildman–Crippen LogP) is 2.27. The lowest BCUT2D eigenvalue weighted by Crippen LogP contribution is -3.14. The Bertz CT molecular complexity index is 924. The number of nitrogens with one attached hydrogen (secondary N) is 1. The minimum absolute atomic E-state index is 0.0713. The molecule has 1 amide bonds. The lowest BCUT2D eigenvalue weighted by Gasteiger charge is -2.31. The summed E-state index contributed by atoms with van der Waals surface area (Å²) in [5.41, 5.74) is 3.58. The number of likely N-dealkylation sites (N-methyl/N-ethyl adjacent to an activating group) is 1. The van der Waals surface area contributed by atoms with Crippen LogP contribution in [-0.2, 0) is 0 Å². The van der Waals surface area contributed by atoms with Gasteiger partial charge in [0.2, 0.25) is 0 Å². The number of carbonyl (C=O) groups is 1. The molecule has 1 N–H and O–H groups in total. The molecule has 5 nitrogen and oxygen atoms in total. The molecule has 1 aliphatic rings. The quantitative estimate of drug-likeness (QED) is 0.753. The number of benzene rings is 1. The van der Waals surface area contributed by atoms with E-state index >= 15 is 0 Å². The van der Waals surface area contributed by atoms with Crippen LogP contribution >= 0.6 is 11.3 Å². The van der Waals surface area contributed by atoms with Crippen molar-refractivity contribution in [2.24, 2.45) is 0 Å². The van der Waals surface area contributed by atoms with Crippen LogP contribution in [0.25, 0.3) is 16.3 Å². The van der Waals surface area contributed by atoms with E-state index in [0.717, 1.165) is 54.5 Å². The van der Waals surface area contributed by atoms with Gasteiger partial charge in [-0.05, 0) is 49.1 Å². The van der Waals surface area contributed by atoms with Crippen molar-refractivity contribution in [3.05, 3.63) is 59.1 Å². The van der Waals surface area contributed by atoms with Crippen molar-refractivity contribution in [2.45, 2.75) is 13.8 Å². The van der Waals surface area contributed by atoms with Crippen molar-refractivity contribution in [2.75, 3.05) is 32.7 Å². The minimum Gasteiger partial charge on any atom is -0.332 e. The summed E-state index contributed by atoms with van der Waals surface area (Å²) in [6, 6.07) is 14.1. The van der Waals surface area contributed by atoms with Crippen molar-refractivity contribution >= 4 is 17.2 Å². The maximum Gasteiger partial charge on any atom is 0.273 e. The van der Waals surface area contributed by atoms with E-state index in [1.807, 2.05) is 45.3 Å². The number of amides is 1. The first-order valence-corrected chi connectivity index (χ1v) is 10.4. The van der Waals surface area contributed by atoms with Gasteiger partial charge in [0.1, 0.15) is 11.4 Å². The topological polar surface area (TPSA) is 42.6 Å². The maximum atomic E-state index is 13.3. The summed E-state index contributed by atoms with van der Waals surface area (Å²) in [7, 11) is 0. The number of hydrogen-bond acceptors (Lipinski definition) is 3. The molecule has 27 heavy (non-hydrogen) atoms. The van der Waals surface area contributed by atoms with E-state index < -0.39 is 0 Å². The highest BCUT2D eigenvalue weighted by Gasteiger charge is 2.27. The fourth-order valence-corrected chi connectivity index (χ4v) is 4.26. The van der Waals surface area contributed by atoms with Crippen LogP contribution in [0.5, 0.6) is 0 Å². The normalized spacial score (nSPS) is 15.3. The number of nitrogens with zero attached hydrogens (tertiary/aromatic N) is 3. The summed E-state index contributed by atoms with van der Waals surface area (Å²) in [5.74, 6) is 0.0713. The van der Waals surface area contributed by atoms with Gasteiger partial charge in [-0.25, -0.2) is 4.68 Å². The second kappa shape index (κ2) is 7.66. The molecule has 1 aromatic carbocycles. The van der Waals surface area contributed by atoms with Crippen molar-refractivity contribution in [1.29, 1.82) is 0 Å². The summed E-state index contributed by atoms with van der Waals surface area (Å²) in [6.07, 6.45) is 0. The Morgan fingerprint density at radius 1 is 1.19 bits per heavy atom. The molecule has 0 unspecified atom stereocenters. The Morgan fingerprint density at radius 2 is 2.00 bits per heavy atom. The number of piperazine rings is 1. The van der Waals surface area contributed by atoms with Crippen LogP contribution in [-0.4, -0.2) is 53.3 Å². The van der Waals surface area contributed by atoms with Gasteiger partial charge < -0.3 is 9.80 Å². The predicted molar refractivity (Wildman–Crippen MR) is 109 cm³/mol. The largest absolute Gasteiger partial charge is 0.332 e. The third-order valence-corrected chi connectivity index (χ3v) is 6.10. The van der Waals surface area contributed by atoms with E-state index in [4.69, 9.17) is 5.10 Å². The average Bonchev–Trinajstić information content (AvgIpc) is 3.37. The first-order valence-electron chi connectivity index (χ1n) is 9.49. The molecule has 1 saturated heterocycles. The lowest BCUT2D eigenvalue weighted by atomic mass is 10.2. The van der Waals surface area contributed by atoms with Crippen LogP contribution in [0.15, 0.2) is 47.8 Å². The molecule has 6 heteroatoms. The van der Waals surface area contributed by atoms with Crippen molar-refractivity contribution in [3.8, 4) is 16.3 Å². The molecule has 140 valence electrons. The second-order valence-corrected chi connectivity index (χ2v) is 7.99. The van der Waals surface area contributed by atoms with Crippen LogP contribution in [0.4, 0.5) is 0 Å². The molecule has 0 radical (unpaired) electrons. The van der Waals surface area contributed by atoms with Gasteiger partial charge in [0.15, 0.2) is 0 Å². The van der Waals surface area contributed by atoms with Crippen molar-refractivity contribution in [3.63, 3.8) is 0 Å². The number of hydrogen-bond donors (Lipinski definition) is 1. The van der Waals surface area contributed by atoms with E-state index in [1.165, 1.54) is 0 Å². The van der Waals surface area contributed by atoms with E-state index in [-0.39, 0.29) is 5.91 Å². The molecule has 2 aromatic heterocycles. The smallest absolute Gasteiger partial charge is 0.273 e. The molecule has 0 atom stereocenters. The van der Waals surface area contributed by atoms with Gasteiger partial charge in [-0.3, -0.25) is 4.79 Å². The summed E-state index contributed by atoms with van der Waals surface area (Å²) in [6.45, 7) is 9.00. The molecule has 0 spiro atoms. The fraction of sp³-hybridized carbons (Fsp3) is 0.333. The van der Waals surface area contributed by atoms with Crippen LogP contribution in [0.3, 0.4) is 0 Å². The Balaban J connectivity index is 1.71. The van der Waals surface area contributed by atoms with Gasteiger partial charge in [0.05, 0.1) is 43.3 Å². The first-order chi connectivity index (χ1) is 13.2. The van der Waals surface area contributed by atoms with Crippen LogP contribution in [0.2, 0.25) is 0 Å². The molecular weight excluding hydrogens is 356 g/mol. The number of quaternary nitrogens is 1. The molecule has 4 rings (SSSR count). The van der Waals surface area contributed by atoms with Crippen LogP contribution in [0, 0.1) is 6.92 Å². The molecule has 3 aromatic rings. The molecule has 1 aliphatic heterocycles. The SMILES string of the molecule is CC[NH+]1CCN(C(=O)c2cc(-c3cccs3)nn2-c2cccc(C)c2)CC1. The molecule has 0 bridgehead atoms. The Kier molecular flexibility index (Phi) is 5.09. The third-order valence-electron chi connectivity index (χ3n) is 5.21. The van der Waals surface area contributed by atoms with Crippen molar-refractivity contribution < 1.29 is 9.69 Å². The van der Waals surface area contributed by atoms with Gasteiger partial charge in [0.25, 0.3) is 5.91 Å². The highest BCUT2D eigenvalue weighted by Crippen LogP contribution is 2.26. The zero-order chi connectivity index (χ0) is 18.8. The summed E-state index contributed by atoms with van der Waals surface area (Å²) < 4.78 is 1.81. The Labute approximate surface area is 163 Å². The molecule has 0 aliphatic carbocycles. The molecule has 3 heterocycles.